The second kappa shape index (κ2) is 8.57. The van der Waals surface area contributed by atoms with Gasteiger partial charge in [0.05, 0.1) is 25.2 Å². The van der Waals surface area contributed by atoms with E-state index in [1.54, 1.807) is 26.0 Å². The lowest BCUT2D eigenvalue weighted by molar-refractivity contribution is -0.145. The normalized spacial score (nSPS) is 10.9. The van der Waals surface area contributed by atoms with Crippen LogP contribution >= 0.6 is 0 Å². The number of ether oxygens (including phenoxy) is 2. The van der Waals surface area contributed by atoms with Crippen LogP contribution in [0.25, 0.3) is 0 Å². The molecule has 1 aromatic heterocycles. The lowest BCUT2D eigenvalue weighted by Gasteiger charge is -2.08. The molecule has 2 N–H and O–H groups in total. The van der Waals surface area contributed by atoms with E-state index >= 15 is 0 Å². The molecular weight excluding hydrogens is 276 g/mol. The average molecular weight is 294 g/mol. The zero-order valence-corrected chi connectivity index (χ0v) is 12.0. The second-order valence-corrected chi connectivity index (χ2v) is 3.94. The molecule has 0 radical (unpaired) electrons. The number of aromatic nitrogens is 1. The molecule has 0 aliphatic rings. The Balaban J connectivity index is 2.84. The lowest BCUT2D eigenvalue weighted by atomic mass is 10.2. The van der Waals surface area contributed by atoms with Crippen molar-refractivity contribution in [2.24, 2.45) is 0 Å². The molecule has 0 amide bonds. The Bertz CT molecular complexity index is 577. The van der Waals surface area contributed by atoms with E-state index in [0.717, 1.165) is 0 Å². The number of pyridine rings is 1. The van der Waals surface area contributed by atoms with Crippen molar-refractivity contribution in [3.05, 3.63) is 40.3 Å². The van der Waals surface area contributed by atoms with Crippen LogP contribution in [0.1, 0.15) is 20.3 Å². The Morgan fingerprint density at radius 1 is 1.24 bits per heavy atom. The van der Waals surface area contributed by atoms with Crippen LogP contribution in [0.5, 0.6) is 0 Å². The van der Waals surface area contributed by atoms with Crippen LogP contribution in [0, 0.1) is 0 Å². The standard InChI is InChI=1S/C14H18N2O5/c1-3-20-13(18)8-10(14(19)21-4-2)9-15-11-6-5-7-12(17)16-11/h5-7,9H,3-4,8H2,1-2H3,(H2,15,16,17). The molecule has 0 fully saturated rings. The van der Waals surface area contributed by atoms with Crippen LogP contribution in [-0.2, 0) is 19.1 Å². The molecule has 0 aromatic carbocycles. The van der Waals surface area contributed by atoms with Gasteiger partial charge in [-0.2, -0.15) is 0 Å². The van der Waals surface area contributed by atoms with E-state index in [-0.39, 0.29) is 30.8 Å². The molecule has 0 spiro atoms. The molecule has 0 unspecified atom stereocenters. The average Bonchev–Trinajstić information content (AvgIpc) is 2.44. The molecule has 0 aliphatic carbocycles. The lowest BCUT2D eigenvalue weighted by Crippen LogP contribution is -2.15. The van der Waals surface area contributed by atoms with E-state index in [1.807, 2.05) is 0 Å². The number of nitrogens with one attached hydrogen (secondary N) is 2. The van der Waals surface area contributed by atoms with Crippen molar-refractivity contribution in [1.29, 1.82) is 0 Å². The van der Waals surface area contributed by atoms with E-state index < -0.39 is 11.9 Å². The Morgan fingerprint density at radius 3 is 2.57 bits per heavy atom. The van der Waals surface area contributed by atoms with Crippen molar-refractivity contribution in [1.82, 2.24) is 4.98 Å². The minimum atomic E-state index is -0.615. The largest absolute Gasteiger partial charge is 0.466 e. The van der Waals surface area contributed by atoms with E-state index in [2.05, 4.69) is 10.3 Å². The van der Waals surface area contributed by atoms with Gasteiger partial charge in [-0.25, -0.2) is 4.79 Å². The van der Waals surface area contributed by atoms with Crippen LogP contribution in [-0.4, -0.2) is 30.1 Å². The van der Waals surface area contributed by atoms with Crippen LogP contribution in [0.4, 0.5) is 5.82 Å². The number of aromatic amines is 1. The molecular formula is C14H18N2O5. The SMILES string of the molecule is CCOC(=O)CC(=CNc1cccc(=O)[nH]1)C(=O)OCC. The summed E-state index contributed by atoms with van der Waals surface area (Å²) in [5.74, 6) is -0.746. The molecule has 0 atom stereocenters. The monoisotopic (exact) mass is 294 g/mol. The summed E-state index contributed by atoms with van der Waals surface area (Å²) < 4.78 is 9.67. The highest BCUT2D eigenvalue weighted by molar-refractivity contribution is 5.94. The molecule has 114 valence electrons. The predicted molar refractivity (Wildman–Crippen MR) is 76.7 cm³/mol. The molecule has 1 rings (SSSR count). The molecule has 7 nitrogen and oxygen atoms in total. The third-order valence-corrected chi connectivity index (χ3v) is 2.35. The third kappa shape index (κ3) is 5.94. The molecule has 0 saturated heterocycles. The first-order valence-electron chi connectivity index (χ1n) is 6.54. The third-order valence-electron chi connectivity index (χ3n) is 2.35. The van der Waals surface area contributed by atoms with E-state index in [1.165, 1.54) is 12.3 Å². The molecule has 7 heteroatoms. The fraction of sp³-hybridized carbons (Fsp3) is 0.357. The van der Waals surface area contributed by atoms with Crippen LogP contribution in [0.3, 0.4) is 0 Å². The minimum Gasteiger partial charge on any atom is -0.466 e. The van der Waals surface area contributed by atoms with Gasteiger partial charge in [-0.05, 0) is 19.9 Å². The summed E-state index contributed by atoms with van der Waals surface area (Å²) in [6.45, 7) is 3.77. The van der Waals surface area contributed by atoms with Gasteiger partial charge in [0, 0.05) is 12.3 Å². The van der Waals surface area contributed by atoms with Crippen LogP contribution in [0.15, 0.2) is 34.8 Å². The van der Waals surface area contributed by atoms with Crippen molar-refractivity contribution in [3.8, 4) is 0 Å². The predicted octanol–water partition coefficient (Wildman–Crippen LogP) is 1.19. The maximum atomic E-state index is 11.8. The maximum absolute atomic E-state index is 11.8. The number of carbonyl (C=O) groups excluding carboxylic acids is 2. The van der Waals surface area contributed by atoms with Gasteiger partial charge in [-0.3, -0.25) is 9.59 Å². The van der Waals surface area contributed by atoms with Crippen LogP contribution < -0.4 is 10.9 Å². The van der Waals surface area contributed by atoms with Crippen molar-refractivity contribution >= 4 is 17.8 Å². The Hall–Kier alpha value is -2.57. The van der Waals surface area contributed by atoms with Gasteiger partial charge in [0.15, 0.2) is 0 Å². The molecule has 1 heterocycles. The summed E-state index contributed by atoms with van der Waals surface area (Å²) in [7, 11) is 0. The number of H-pyrrole nitrogens is 1. The summed E-state index contributed by atoms with van der Waals surface area (Å²) >= 11 is 0. The molecule has 21 heavy (non-hydrogen) atoms. The minimum absolute atomic E-state index is 0.111. The van der Waals surface area contributed by atoms with Gasteiger partial charge < -0.3 is 19.8 Å². The number of carbonyl (C=O) groups is 2. The number of esters is 2. The first-order valence-corrected chi connectivity index (χ1v) is 6.54. The highest BCUT2D eigenvalue weighted by Gasteiger charge is 2.16. The van der Waals surface area contributed by atoms with Gasteiger partial charge in [0.1, 0.15) is 5.82 Å². The fourth-order valence-electron chi connectivity index (χ4n) is 1.47. The quantitative estimate of drug-likeness (QED) is 0.579. The Morgan fingerprint density at radius 2 is 1.95 bits per heavy atom. The second-order valence-electron chi connectivity index (χ2n) is 3.94. The van der Waals surface area contributed by atoms with Crippen molar-refractivity contribution in [3.63, 3.8) is 0 Å². The van der Waals surface area contributed by atoms with E-state index in [9.17, 15) is 14.4 Å². The van der Waals surface area contributed by atoms with Gasteiger partial charge in [-0.15, -0.1) is 0 Å². The zero-order valence-electron chi connectivity index (χ0n) is 12.0. The summed E-state index contributed by atoms with van der Waals surface area (Å²) in [4.78, 5) is 36.9. The Kier molecular flexibility index (Phi) is 6.73. The molecule has 1 aromatic rings. The highest BCUT2D eigenvalue weighted by Crippen LogP contribution is 2.08. The molecule has 0 aliphatic heterocycles. The highest BCUT2D eigenvalue weighted by atomic mass is 16.5. The number of anilines is 1. The van der Waals surface area contributed by atoms with Crippen molar-refractivity contribution in [2.45, 2.75) is 20.3 Å². The number of rotatable bonds is 7. The fourth-order valence-corrected chi connectivity index (χ4v) is 1.47. The topological polar surface area (TPSA) is 97.5 Å². The van der Waals surface area contributed by atoms with E-state index in [0.29, 0.717) is 5.82 Å². The van der Waals surface area contributed by atoms with Crippen molar-refractivity contribution in [2.75, 3.05) is 18.5 Å². The van der Waals surface area contributed by atoms with E-state index in [4.69, 9.17) is 9.47 Å². The molecule has 0 saturated carbocycles. The Labute approximate surface area is 122 Å². The maximum Gasteiger partial charge on any atom is 0.336 e. The summed E-state index contributed by atoms with van der Waals surface area (Å²) in [5.41, 5.74) is -0.170. The summed E-state index contributed by atoms with van der Waals surface area (Å²) in [6, 6.07) is 4.54. The first-order chi connectivity index (χ1) is 10.1. The smallest absolute Gasteiger partial charge is 0.336 e. The van der Waals surface area contributed by atoms with Gasteiger partial charge in [-0.1, -0.05) is 6.07 Å². The summed E-state index contributed by atoms with van der Waals surface area (Å²) in [6.07, 6.45) is 1.11. The van der Waals surface area contributed by atoms with Crippen molar-refractivity contribution < 1.29 is 19.1 Å². The van der Waals surface area contributed by atoms with Crippen LogP contribution in [0.2, 0.25) is 0 Å². The van der Waals surface area contributed by atoms with Gasteiger partial charge >= 0.3 is 11.9 Å². The van der Waals surface area contributed by atoms with Gasteiger partial charge in [0.25, 0.3) is 0 Å². The molecule has 0 bridgehead atoms. The van der Waals surface area contributed by atoms with Gasteiger partial charge in [0.2, 0.25) is 5.56 Å². The zero-order chi connectivity index (χ0) is 15.7. The first kappa shape index (κ1) is 16.5. The number of hydrogen-bond donors (Lipinski definition) is 2. The summed E-state index contributed by atoms with van der Waals surface area (Å²) in [5, 5.41) is 2.75. The number of hydrogen-bond acceptors (Lipinski definition) is 6.